The van der Waals surface area contributed by atoms with Crippen molar-refractivity contribution in [1.82, 2.24) is 0 Å². The zero-order valence-corrected chi connectivity index (χ0v) is 11.2. The van der Waals surface area contributed by atoms with Crippen molar-refractivity contribution in [3.05, 3.63) is 41.2 Å². The predicted octanol–water partition coefficient (Wildman–Crippen LogP) is 1.49. The summed E-state index contributed by atoms with van der Waals surface area (Å²) in [6, 6.07) is 8.05. The van der Waals surface area contributed by atoms with Crippen molar-refractivity contribution in [3.63, 3.8) is 0 Å². The fourth-order valence-corrected chi connectivity index (χ4v) is 3.82. The first kappa shape index (κ1) is 11.7. The minimum Gasteiger partial charge on any atom is -0.493 e. The van der Waals surface area contributed by atoms with Gasteiger partial charge in [0.05, 0.1) is 30.0 Å². The van der Waals surface area contributed by atoms with Crippen LogP contribution in [0.15, 0.2) is 35.1 Å². The molecule has 3 aliphatic rings. The first-order valence-corrected chi connectivity index (χ1v) is 7.11. The maximum absolute atomic E-state index is 9.05. The van der Waals surface area contributed by atoms with Gasteiger partial charge in [0, 0.05) is 19.3 Å². The van der Waals surface area contributed by atoms with E-state index in [1.165, 1.54) is 22.6 Å². The molecule has 20 heavy (non-hydrogen) atoms. The number of quaternary nitrogens is 1. The van der Waals surface area contributed by atoms with E-state index < -0.39 is 0 Å². The van der Waals surface area contributed by atoms with Crippen LogP contribution in [0, 0.1) is 11.3 Å². The van der Waals surface area contributed by atoms with Gasteiger partial charge in [0.15, 0.2) is 6.34 Å². The van der Waals surface area contributed by atoms with Crippen LogP contribution in [-0.2, 0) is 5.54 Å². The summed E-state index contributed by atoms with van der Waals surface area (Å²) in [5.74, 6) is 0.879. The van der Waals surface area contributed by atoms with Crippen molar-refractivity contribution in [2.75, 3.05) is 6.61 Å². The lowest BCUT2D eigenvalue weighted by Crippen LogP contribution is -3.16. The zero-order chi connectivity index (χ0) is 13.6. The maximum Gasteiger partial charge on any atom is 0.194 e. The number of nitrogens with zero attached hydrogens (tertiary/aromatic N) is 2. The van der Waals surface area contributed by atoms with Gasteiger partial charge in [-0.05, 0) is 24.6 Å². The smallest absolute Gasteiger partial charge is 0.194 e. The molecule has 1 aromatic rings. The summed E-state index contributed by atoms with van der Waals surface area (Å²) in [6.45, 7) is 0.715. The molecule has 0 radical (unpaired) electrons. The van der Waals surface area contributed by atoms with Crippen LogP contribution in [0.5, 0.6) is 5.75 Å². The van der Waals surface area contributed by atoms with E-state index in [1.54, 1.807) is 0 Å². The van der Waals surface area contributed by atoms with Gasteiger partial charge in [-0.3, -0.25) is 4.90 Å². The third-order valence-electron chi connectivity index (χ3n) is 4.76. The van der Waals surface area contributed by atoms with Crippen molar-refractivity contribution in [3.8, 4) is 11.8 Å². The molecule has 0 saturated carbocycles. The molecule has 0 aromatic heterocycles. The number of nitrogens with one attached hydrogen (secondary N) is 1. The number of hydrogen-bond donors (Lipinski definition) is 1. The van der Waals surface area contributed by atoms with Crippen LogP contribution in [0.3, 0.4) is 0 Å². The molecule has 2 atom stereocenters. The van der Waals surface area contributed by atoms with Crippen LogP contribution in [0.2, 0.25) is 0 Å². The molecule has 1 spiro atoms. The van der Waals surface area contributed by atoms with E-state index in [1.807, 2.05) is 24.7 Å². The van der Waals surface area contributed by atoms with Gasteiger partial charge < -0.3 is 4.74 Å². The van der Waals surface area contributed by atoms with Gasteiger partial charge in [-0.1, -0.05) is 0 Å². The van der Waals surface area contributed by atoms with Crippen molar-refractivity contribution < 1.29 is 9.64 Å². The van der Waals surface area contributed by atoms with Crippen molar-refractivity contribution in [1.29, 1.82) is 5.26 Å². The monoisotopic (exact) mass is 266 g/mol. The molecule has 2 unspecified atom stereocenters. The third kappa shape index (κ3) is 1.47. The Labute approximate surface area is 118 Å². The van der Waals surface area contributed by atoms with E-state index in [2.05, 4.69) is 17.1 Å². The molecular weight excluding hydrogens is 250 g/mol. The van der Waals surface area contributed by atoms with Crippen LogP contribution < -0.4 is 9.64 Å². The fraction of sp³-hybridized carbons (Fsp3) is 0.375. The molecule has 4 nitrogen and oxygen atoms in total. The second kappa shape index (κ2) is 4.19. The van der Waals surface area contributed by atoms with E-state index in [-0.39, 0.29) is 5.54 Å². The second-order valence-electron chi connectivity index (χ2n) is 5.70. The fourth-order valence-electron chi connectivity index (χ4n) is 3.82. The standard InChI is InChI=1S/C16H15N3O/c17-9-12-3-4-14-15(8-12)20-7-6-16(14)5-1-2-13-10-18-11-19(13)16/h3-4,8,10-11H,1-2,5-7H2/p+1. The van der Waals surface area contributed by atoms with E-state index in [9.17, 15) is 0 Å². The summed E-state index contributed by atoms with van der Waals surface area (Å²) in [5, 5.41) is 9.05. The number of rotatable bonds is 0. The summed E-state index contributed by atoms with van der Waals surface area (Å²) in [7, 11) is 0. The number of nitriles is 1. The second-order valence-corrected chi connectivity index (χ2v) is 5.70. The Hall–Kier alpha value is -2.12. The van der Waals surface area contributed by atoms with E-state index >= 15 is 0 Å². The lowest BCUT2D eigenvalue weighted by atomic mass is 9.76. The normalized spacial score (nSPS) is 30.1. The van der Waals surface area contributed by atoms with Crippen molar-refractivity contribution >= 4 is 6.34 Å². The van der Waals surface area contributed by atoms with Gasteiger partial charge in [0.1, 0.15) is 17.0 Å². The first-order chi connectivity index (χ1) is 9.83. The van der Waals surface area contributed by atoms with Crippen LogP contribution in [0.4, 0.5) is 0 Å². The molecule has 0 bridgehead atoms. The highest BCUT2D eigenvalue weighted by Gasteiger charge is 2.50. The SMILES string of the molecule is N#Cc1ccc2c(c1)OCCC21CCCC2=CN=C[NH+]21. The minimum absolute atomic E-state index is 0.0473. The molecule has 4 heteroatoms. The molecule has 1 aromatic carbocycles. The van der Waals surface area contributed by atoms with Gasteiger partial charge >= 0.3 is 0 Å². The molecule has 4 rings (SSSR count). The number of allylic oxidation sites excluding steroid dienone is 1. The average Bonchev–Trinajstić information content (AvgIpc) is 2.97. The largest absolute Gasteiger partial charge is 0.493 e. The summed E-state index contributed by atoms with van der Waals surface area (Å²) >= 11 is 0. The minimum atomic E-state index is 0.0473. The Kier molecular flexibility index (Phi) is 2.45. The third-order valence-corrected chi connectivity index (χ3v) is 4.76. The highest BCUT2D eigenvalue weighted by atomic mass is 16.5. The number of benzene rings is 1. The Morgan fingerprint density at radius 2 is 2.30 bits per heavy atom. The van der Waals surface area contributed by atoms with Crippen LogP contribution in [0.25, 0.3) is 0 Å². The molecule has 0 aliphatic carbocycles. The molecule has 0 amide bonds. The van der Waals surface area contributed by atoms with E-state index in [0.717, 1.165) is 25.0 Å². The Bertz CT molecular complexity index is 671. The van der Waals surface area contributed by atoms with Crippen molar-refractivity contribution in [2.45, 2.75) is 31.2 Å². The predicted molar refractivity (Wildman–Crippen MR) is 74.3 cm³/mol. The van der Waals surface area contributed by atoms with Crippen molar-refractivity contribution in [2.24, 2.45) is 4.99 Å². The van der Waals surface area contributed by atoms with Gasteiger partial charge in [0.2, 0.25) is 0 Å². The van der Waals surface area contributed by atoms with Crippen LogP contribution >= 0.6 is 0 Å². The zero-order valence-electron chi connectivity index (χ0n) is 11.2. The summed E-state index contributed by atoms with van der Waals surface area (Å²) < 4.78 is 5.81. The van der Waals surface area contributed by atoms with Gasteiger partial charge in [-0.15, -0.1) is 0 Å². The number of ether oxygens (including phenoxy) is 1. The number of hydrogen-bond acceptors (Lipinski definition) is 3. The highest BCUT2D eigenvalue weighted by Crippen LogP contribution is 2.41. The van der Waals surface area contributed by atoms with Crippen LogP contribution in [-0.4, -0.2) is 12.9 Å². The molecule has 1 N–H and O–H groups in total. The van der Waals surface area contributed by atoms with Crippen LogP contribution in [0.1, 0.15) is 36.8 Å². The van der Waals surface area contributed by atoms with E-state index in [0.29, 0.717) is 12.2 Å². The molecule has 3 aliphatic heterocycles. The number of piperidine rings is 1. The molecule has 1 fully saturated rings. The van der Waals surface area contributed by atoms with Gasteiger partial charge in [-0.25, -0.2) is 4.99 Å². The Balaban J connectivity index is 1.87. The van der Waals surface area contributed by atoms with Gasteiger partial charge in [-0.2, -0.15) is 5.26 Å². The molecule has 100 valence electrons. The maximum atomic E-state index is 9.05. The first-order valence-electron chi connectivity index (χ1n) is 7.11. The quantitative estimate of drug-likeness (QED) is 0.773. The average molecular weight is 266 g/mol. The molecule has 3 heterocycles. The highest BCUT2D eigenvalue weighted by molar-refractivity contribution is 5.53. The summed E-state index contributed by atoms with van der Waals surface area (Å²) in [6.07, 6.45) is 8.51. The Morgan fingerprint density at radius 1 is 1.35 bits per heavy atom. The lowest BCUT2D eigenvalue weighted by molar-refractivity contribution is -0.836. The number of fused-ring (bicyclic) bond motifs is 4. The topological polar surface area (TPSA) is 49.8 Å². The number of aliphatic imine (C=N–C) groups is 1. The molecule has 1 saturated heterocycles. The summed E-state index contributed by atoms with van der Waals surface area (Å²) in [5.41, 5.74) is 3.33. The summed E-state index contributed by atoms with van der Waals surface area (Å²) in [4.78, 5) is 5.74. The van der Waals surface area contributed by atoms with Gasteiger partial charge in [0.25, 0.3) is 0 Å². The lowest BCUT2D eigenvalue weighted by Gasteiger charge is -2.44. The molecular formula is C16H16N3O+. The van der Waals surface area contributed by atoms with E-state index in [4.69, 9.17) is 10.00 Å². The Morgan fingerprint density at radius 3 is 3.20 bits per heavy atom.